The van der Waals surface area contributed by atoms with Gasteiger partial charge in [-0.15, -0.1) is 0 Å². The minimum Gasteiger partial charge on any atom is -0.389 e. The second-order valence-corrected chi connectivity index (χ2v) is 2.67. The molecule has 1 nitrogen and oxygen atoms in total. The van der Waals surface area contributed by atoms with Crippen LogP contribution in [-0.4, -0.2) is 6.54 Å². The van der Waals surface area contributed by atoms with E-state index < -0.39 is 0 Å². The van der Waals surface area contributed by atoms with E-state index in [9.17, 15) is 0 Å². The van der Waals surface area contributed by atoms with E-state index in [2.05, 4.69) is 43.5 Å². The van der Waals surface area contributed by atoms with Gasteiger partial charge < -0.3 is 5.32 Å². The molecule has 1 heteroatoms. The van der Waals surface area contributed by atoms with E-state index in [-0.39, 0.29) is 0 Å². The molecule has 1 N–H and O–H groups in total. The Bertz CT molecular complexity index is 209. The predicted molar refractivity (Wildman–Crippen MR) is 49.3 cm³/mol. The highest BCUT2D eigenvalue weighted by atomic mass is 14.9. The second kappa shape index (κ2) is 4.02. The van der Waals surface area contributed by atoms with Gasteiger partial charge in [-0.1, -0.05) is 24.3 Å². The van der Waals surface area contributed by atoms with Gasteiger partial charge in [0, 0.05) is 12.2 Å². The van der Waals surface area contributed by atoms with Crippen molar-refractivity contribution in [2.75, 3.05) is 6.54 Å². The van der Waals surface area contributed by atoms with Crippen LogP contribution in [0.15, 0.2) is 35.6 Å². The van der Waals surface area contributed by atoms with Crippen molar-refractivity contribution in [1.29, 1.82) is 0 Å². The lowest BCUT2D eigenvalue weighted by molar-refractivity contribution is 0.837. The average Bonchev–Trinajstić information content (AvgIpc) is 2.07. The number of nitrogens with one attached hydrogen (secondary N) is 1. The van der Waals surface area contributed by atoms with Crippen LogP contribution in [0.2, 0.25) is 0 Å². The Hall–Kier alpha value is -0.980. The summed E-state index contributed by atoms with van der Waals surface area (Å²) in [6.07, 6.45) is 9.58. The lowest BCUT2D eigenvalue weighted by Crippen LogP contribution is -2.11. The van der Waals surface area contributed by atoms with Crippen LogP contribution >= 0.6 is 0 Å². The molecule has 0 saturated heterocycles. The Balaban J connectivity index is 2.63. The van der Waals surface area contributed by atoms with Gasteiger partial charge in [0.2, 0.25) is 0 Å². The minimum atomic E-state index is 1.01. The molecule has 1 aliphatic rings. The number of hydrogen-bond donors (Lipinski definition) is 1. The molecule has 11 heavy (non-hydrogen) atoms. The number of allylic oxidation sites excluding steroid dienone is 6. The summed E-state index contributed by atoms with van der Waals surface area (Å²) >= 11 is 0. The van der Waals surface area contributed by atoms with E-state index in [0.29, 0.717) is 0 Å². The number of hydrogen-bond acceptors (Lipinski definition) is 1. The van der Waals surface area contributed by atoms with Crippen LogP contribution < -0.4 is 5.32 Å². The van der Waals surface area contributed by atoms with E-state index in [1.54, 1.807) is 0 Å². The lowest BCUT2D eigenvalue weighted by Gasteiger charge is -2.09. The molecule has 1 aliphatic carbocycles. The molecule has 0 fully saturated rings. The van der Waals surface area contributed by atoms with Crippen molar-refractivity contribution in [1.82, 2.24) is 5.32 Å². The first-order valence-corrected chi connectivity index (χ1v) is 4.11. The predicted octanol–water partition coefficient (Wildman–Crippen LogP) is 2.39. The van der Waals surface area contributed by atoms with Gasteiger partial charge >= 0.3 is 0 Å². The van der Waals surface area contributed by atoms with Gasteiger partial charge in [-0.2, -0.15) is 0 Å². The van der Waals surface area contributed by atoms with Gasteiger partial charge in [-0.3, -0.25) is 0 Å². The Kier molecular flexibility index (Phi) is 2.96. The Labute approximate surface area is 68.5 Å². The lowest BCUT2D eigenvalue weighted by atomic mass is 10.1. The highest BCUT2D eigenvalue weighted by Crippen LogP contribution is 2.12. The Morgan fingerprint density at radius 1 is 1.55 bits per heavy atom. The van der Waals surface area contributed by atoms with Gasteiger partial charge in [0.15, 0.2) is 0 Å². The second-order valence-electron chi connectivity index (χ2n) is 2.67. The van der Waals surface area contributed by atoms with Crippen LogP contribution in [0.4, 0.5) is 0 Å². The smallest absolute Gasteiger partial charge is 0.0115 e. The van der Waals surface area contributed by atoms with Gasteiger partial charge in [0.25, 0.3) is 0 Å². The number of rotatable bonds is 2. The summed E-state index contributed by atoms with van der Waals surface area (Å²) in [5, 5.41) is 3.31. The molecule has 0 saturated carbocycles. The molecular weight excluding hydrogens is 134 g/mol. The van der Waals surface area contributed by atoms with E-state index in [4.69, 9.17) is 0 Å². The molecule has 0 aromatic rings. The molecule has 0 heterocycles. The summed E-state index contributed by atoms with van der Waals surface area (Å²) in [6.45, 7) is 5.25. The summed E-state index contributed by atoms with van der Waals surface area (Å²) in [5.74, 6) is 0. The average molecular weight is 149 g/mol. The largest absolute Gasteiger partial charge is 0.389 e. The van der Waals surface area contributed by atoms with Crippen LogP contribution in [0, 0.1) is 0 Å². The SMILES string of the molecule is CCN/C(C)=C1/C=CC=CC1. The fraction of sp³-hybridized carbons (Fsp3) is 0.400. The van der Waals surface area contributed by atoms with E-state index >= 15 is 0 Å². The van der Waals surface area contributed by atoms with Crippen LogP contribution in [0.1, 0.15) is 20.3 Å². The zero-order chi connectivity index (χ0) is 8.10. The summed E-state index contributed by atoms with van der Waals surface area (Å²) < 4.78 is 0. The van der Waals surface area contributed by atoms with Crippen LogP contribution in [-0.2, 0) is 0 Å². The fourth-order valence-corrected chi connectivity index (χ4v) is 1.17. The van der Waals surface area contributed by atoms with Crippen molar-refractivity contribution in [3.05, 3.63) is 35.6 Å². The van der Waals surface area contributed by atoms with Crippen molar-refractivity contribution >= 4 is 0 Å². The fourth-order valence-electron chi connectivity index (χ4n) is 1.17. The molecule has 0 radical (unpaired) electrons. The normalized spacial score (nSPS) is 20.2. The van der Waals surface area contributed by atoms with E-state index in [1.165, 1.54) is 11.3 Å². The Morgan fingerprint density at radius 3 is 2.91 bits per heavy atom. The zero-order valence-electron chi connectivity index (χ0n) is 7.22. The first-order valence-electron chi connectivity index (χ1n) is 4.11. The first-order chi connectivity index (χ1) is 5.34. The maximum Gasteiger partial charge on any atom is 0.0115 e. The summed E-state index contributed by atoms with van der Waals surface area (Å²) in [4.78, 5) is 0. The quantitative estimate of drug-likeness (QED) is 0.635. The molecule has 0 amide bonds. The third-order valence-electron chi connectivity index (χ3n) is 1.81. The van der Waals surface area contributed by atoms with Crippen LogP contribution in [0.3, 0.4) is 0 Å². The molecule has 0 aliphatic heterocycles. The van der Waals surface area contributed by atoms with E-state index in [0.717, 1.165) is 13.0 Å². The molecular formula is C10H15N. The summed E-state index contributed by atoms with van der Waals surface area (Å²) in [6, 6.07) is 0. The molecule has 0 atom stereocenters. The minimum absolute atomic E-state index is 1.01. The first kappa shape index (κ1) is 8.12. The van der Waals surface area contributed by atoms with Crippen molar-refractivity contribution in [3.8, 4) is 0 Å². The molecule has 0 aromatic heterocycles. The van der Waals surface area contributed by atoms with Crippen molar-refractivity contribution in [2.45, 2.75) is 20.3 Å². The van der Waals surface area contributed by atoms with Crippen molar-refractivity contribution < 1.29 is 0 Å². The third kappa shape index (κ3) is 2.26. The highest BCUT2D eigenvalue weighted by molar-refractivity contribution is 5.32. The highest BCUT2D eigenvalue weighted by Gasteiger charge is 1.97. The molecule has 60 valence electrons. The van der Waals surface area contributed by atoms with Gasteiger partial charge in [0.05, 0.1) is 0 Å². The molecule has 0 unspecified atom stereocenters. The van der Waals surface area contributed by atoms with Gasteiger partial charge in [-0.25, -0.2) is 0 Å². The summed E-state index contributed by atoms with van der Waals surface area (Å²) in [5.41, 5.74) is 2.70. The molecule has 0 bridgehead atoms. The van der Waals surface area contributed by atoms with Crippen LogP contribution in [0.5, 0.6) is 0 Å². The molecule has 0 spiro atoms. The topological polar surface area (TPSA) is 12.0 Å². The molecule has 1 rings (SSSR count). The Morgan fingerprint density at radius 2 is 2.36 bits per heavy atom. The zero-order valence-corrected chi connectivity index (χ0v) is 7.22. The van der Waals surface area contributed by atoms with Crippen molar-refractivity contribution in [2.24, 2.45) is 0 Å². The maximum atomic E-state index is 3.31. The monoisotopic (exact) mass is 149 g/mol. The standard InChI is InChI=1S/C10H15N/c1-3-11-9(2)10-7-5-4-6-8-10/h4-7,11H,3,8H2,1-2H3/b10-9-. The maximum absolute atomic E-state index is 3.31. The van der Waals surface area contributed by atoms with Crippen molar-refractivity contribution in [3.63, 3.8) is 0 Å². The van der Waals surface area contributed by atoms with Gasteiger partial charge in [-0.05, 0) is 25.8 Å². The molecule has 0 aromatic carbocycles. The van der Waals surface area contributed by atoms with Crippen LogP contribution in [0.25, 0.3) is 0 Å². The third-order valence-corrected chi connectivity index (χ3v) is 1.81. The van der Waals surface area contributed by atoms with Gasteiger partial charge in [0.1, 0.15) is 0 Å². The van der Waals surface area contributed by atoms with E-state index in [1.807, 2.05) is 0 Å². The summed E-state index contributed by atoms with van der Waals surface area (Å²) in [7, 11) is 0.